The Bertz CT molecular complexity index is 1250. The van der Waals surface area contributed by atoms with Gasteiger partial charge in [0.15, 0.2) is 6.10 Å². The third-order valence-corrected chi connectivity index (χ3v) is 10.7. The molecule has 0 aromatic heterocycles. The summed E-state index contributed by atoms with van der Waals surface area (Å²) in [7, 11) is -4.73. The van der Waals surface area contributed by atoms with Crippen molar-refractivity contribution >= 4 is 25.7 Å². The molecule has 11 nitrogen and oxygen atoms in total. The Morgan fingerprint density at radius 3 is 1.45 bits per heavy atom. The van der Waals surface area contributed by atoms with E-state index in [0.717, 1.165) is 57.8 Å². The fourth-order valence-corrected chi connectivity index (χ4v) is 6.89. The van der Waals surface area contributed by atoms with Crippen molar-refractivity contribution in [2.24, 2.45) is 5.73 Å². The number of esters is 2. The van der Waals surface area contributed by atoms with Gasteiger partial charge in [0.2, 0.25) is 0 Å². The molecule has 0 aliphatic heterocycles. The van der Waals surface area contributed by atoms with E-state index < -0.39 is 51.1 Å². The van der Waals surface area contributed by atoms with Gasteiger partial charge in [-0.15, -0.1) is 0 Å². The Balaban J connectivity index is 4.32. The molecule has 0 aromatic rings. The van der Waals surface area contributed by atoms with Gasteiger partial charge in [-0.1, -0.05) is 164 Å². The van der Waals surface area contributed by atoms with E-state index in [0.29, 0.717) is 12.8 Å². The Labute approximate surface area is 364 Å². The minimum absolute atomic E-state index is 0.107. The van der Waals surface area contributed by atoms with Gasteiger partial charge in [-0.3, -0.25) is 23.4 Å². The van der Waals surface area contributed by atoms with Gasteiger partial charge >= 0.3 is 25.7 Å². The first kappa shape index (κ1) is 57.2. The number of allylic oxidation sites excluding steroid dienone is 10. The van der Waals surface area contributed by atoms with Crippen LogP contribution >= 0.6 is 7.82 Å². The summed E-state index contributed by atoms with van der Waals surface area (Å²) in [5.41, 5.74) is 5.34. The molecule has 4 N–H and O–H groups in total. The molecule has 0 rings (SSSR count). The van der Waals surface area contributed by atoms with Crippen molar-refractivity contribution in [2.75, 3.05) is 19.8 Å². The standard InChI is InChI=1S/C48H84NO10P/c1-3-5-7-9-11-13-15-17-19-20-21-22-23-24-26-27-29-31-33-35-37-39-46(50)56-41-44(42-57-60(54,55)58-43-45(49)48(52)53)59-47(51)40-38-36-34-32-30-28-25-18-16-14-12-10-8-6-4-2/h6,8,12,14,17-19,25,30,32,44-45H,3-5,7,9-11,13,15-16,20-24,26-29,31,33-43,49H2,1-2H3,(H,52,53)(H,54,55)/b8-6+,14-12+,19-17+,25-18+,32-30+/t44-,45-/m0/s1. The number of hydrogen-bond acceptors (Lipinski definition) is 9. The topological polar surface area (TPSA) is 172 Å². The van der Waals surface area contributed by atoms with Gasteiger partial charge in [-0.05, 0) is 77.0 Å². The zero-order chi connectivity index (χ0) is 44.2. The average Bonchev–Trinajstić information content (AvgIpc) is 3.22. The molecule has 0 saturated carbocycles. The molecular formula is C48H84NO10P. The van der Waals surface area contributed by atoms with Crippen LogP contribution in [0, 0.1) is 0 Å². The highest BCUT2D eigenvalue weighted by atomic mass is 31.2. The molecule has 0 spiro atoms. The van der Waals surface area contributed by atoms with Crippen LogP contribution in [0.4, 0.5) is 0 Å². The van der Waals surface area contributed by atoms with Crippen LogP contribution in [0.2, 0.25) is 0 Å². The fourth-order valence-electron chi connectivity index (χ4n) is 6.11. The van der Waals surface area contributed by atoms with E-state index in [4.69, 9.17) is 24.8 Å². The highest BCUT2D eigenvalue weighted by Gasteiger charge is 2.28. The van der Waals surface area contributed by atoms with Gasteiger partial charge < -0.3 is 25.2 Å². The molecule has 12 heteroatoms. The lowest BCUT2D eigenvalue weighted by atomic mass is 10.0. The lowest BCUT2D eigenvalue weighted by Crippen LogP contribution is -2.34. The number of aliphatic carboxylic acids is 1. The molecule has 0 fully saturated rings. The van der Waals surface area contributed by atoms with E-state index in [9.17, 15) is 23.8 Å². The van der Waals surface area contributed by atoms with Gasteiger partial charge in [-0.25, -0.2) is 4.57 Å². The lowest BCUT2D eigenvalue weighted by Gasteiger charge is -2.20. The van der Waals surface area contributed by atoms with E-state index in [1.165, 1.54) is 96.3 Å². The summed E-state index contributed by atoms with van der Waals surface area (Å²) in [6.07, 6.45) is 50.1. The maximum Gasteiger partial charge on any atom is 0.472 e. The van der Waals surface area contributed by atoms with Crippen LogP contribution in [0.1, 0.15) is 194 Å². The number of carboxylic acids is 1. The monoisotopic (exact) mass is 866 g/mol. The average molecular weight is 866 g/mol. The first-order valence-electron chi connectivity index (χ1n) is 23.3. The molecule has 3 atom stereocenters. The van der Waals surface area contributed by atoms with Crippen molar-refractivity contribution in [3.05, 3.63) is 60.8 Å². The van der Waals surface area contributed by atoms with Crippen molar-refractivity contribution < 1.29 is 47.5 Å². The second kappa shape index (κ2) is 42.9. The summed E-state index contributed by atoms with van der Waals surface area (Å²) in [5.74, 6) is -2.43. The summed E-state index contributed by atoms with van der Waals surface area (Å²) in [6.45, 7) is 2.65. The molecule has 0 radical (unpaired) electrons. The maximum absolute atomic E-state index is 12.6. The molecule has 60 heavy (non-hydrogen) atoms. The van der Waals surface area contributed by atoms with Crippen LogP contribution in [0.15, 0.2) is 60.8 Å². The Morgan fingerprint density at radius 1 is 0.533 bits per heavy atom. The van der Waals surface area contributed by atoms with Gasteiger partial charge in [0.05, 0.1) is 13.2 Å². The van der Waals surface area contributed by atoms with Gasteiger partial charge in [0, 0.05) is 12.8 Å². The van der Waals surface area contributed by atoms with Crippen LogP contribution in [-0.2, 0) is 37.5 Å². The second-order valence-corrected chi connectivity index (χ2v) is 17.0. The quantitative estimate of drug-likeness (QED) is 0.0230. The highest BCUT2D eigenvalue weighted by molar-refractivity contribution is 7.47. The lowest BCUT2D eigenvalue weighted by molar-refractivity contribution is -0.161. The van der Waals surface area contributed by atoms with E-state index >= 15 is 0 Å². The number of nitrogens with two attached hydrogens (primary N) is 1. The Morgan fingerprint density at radius 2 is 0.933 bits per heavy atom. The summed E-state index contributed by atoms with van der Waals surface area (Å²) in [6, 6.07) is -1.53. The van der Waals surface area contributed by atoms with E-state index in [1.807, 2.05) is 0 Å². The first-order chi connectivity index (χ1) is 29.1. The third kappa shape index (κ3) is 41.9. The van der Waals surface area contributed by atoms with Gasteiger partial charge in [0.1, 0.15) is 12.6 Å². The molecule has 0 amide bonds. The number of hydrogen-bond donors (Lipinski definition) is 3. The third-order valence-electron chi connectivity index (χ3n) is 9.75. The summed E-state index contributed by atoms with van der Waals surface area (Å²) < 4.78 is 32.7. The molecular weight excluding hydrogens is 781 g/mol. The van der Waals surface area contributed by atoms with E-state index in [-0.39, 0.29) is 19.4 Å². The molecule has 0 saturated heterocycles. The smallest absolute Gasteiger partial charge is 0.472 e. The molecule has 0 aromatic carbocycles. The number of rotatable bonds is 43. The zero-order valence-electron chi connectivity index (χ0n) is 37.5. The van der Waals surface area contributed by atoms with Crippen LogP contribution in [0.5, 0.6) is 0 Å². The molecule has 346 valence electrons. The van der Waals surface area contributed by atoms with Crippen molar-refractivity contribution in [1.29, 1.82) is 0 Å². The number of unbranched alkanes of at least 4 members (excludes halogenated alkanes) is 19. The van der Waals surface area contributed by atoms with Gasteiger partial charge in [0.25, 0.3) is 0 Å². The first-order valence-corrected chi connectivity index (χ1v) is 24.8. The predicted octanol–water partition coefficient (Wildman–Crippen LogP) is 12.7. The number of carbonyl (C=O) groups is 3. The highest BCUT2D eigenvalue weighted by Crippen LogP contribution is 2.43. The largest absolute Gasteiger partial charge is 0.480 e. The van der Waals surface area contributed by atoms with Crippen LogP contribution in [0.25, 0.3) is 0 Å². The van der Waals surface area contributed by atoms with Gasteiger partial charge in [-0.2, -0.15) is 0 Å². The van der Waals surface area contributed by atoms with Crippen molar-refractivity contribution in [3.63, 3.8) is 0 Å². The molecule has 0 bridgehead atoms. The zero-order valence-corrected chi connectivity index (χ0v) is 38.4. The number of carboxylic acid groups (broad SMARTS) is 1. The minimum atomic E-state index is -4.73. The van der Waals surface area contributed by atoms with Crippen molar-refractivity contribution in [3.8, 4) is 0 Å². The number of phosphoric ester groups is 1. The summed E-state index contributed by atoms with van der Waals surface area (Å²) in [5, 5.41) is 8.90. The van der Waals surface area contributed by atoms with Crippen molar-refractivity contribution in [1.82, 2.24) is 0 Å². The fraction of sp³-hybridized carbons (Fsp3) is 0.729. The number of phosphoric acid groups is 1. The van der Waals surface area contributed by atoms with Crippen LogP contribution in [-0.4, -0.2) is 59.9 Å². The molecule has 0 aliphatic rings. The Kier molecular flexibility index (Phi) is 40.8. The number of carbonyl (C=O) groups excluding carboxylic acids is 2. The maximum atomic E-state index is 12.6. The summed E-state index contributed by atoms with van der Waals surface area (Å²) in [4.78, 5) is 46.0. The molecule has 0 heterocycles. The SMILES string of the molecule is CC/C=C/C/C=C/C/C=C/C/C=C/CCCCC(=O)O[C@@H](COC(=O)CCCCCCCCCCCCC/C=C/CCCCCCCC)COP(=O)(O)OC[C@H](N)C(=O)O. The second-order valence-electron chi connectivity index (χ2n) is 15.5. The molecule has 1 unspecified atom stereocenters. The van der Waals surface area contributed by atoms with E-state index in [2.05, 4.69) is 79.1 Å². The van der Waals surface area contributed by atoms with Crippen molar-refractivity contribution in [2.45, 2.75) is 206 Å². The molecule has 0 aliphatic carbocycles. The minimum Gasteiger partial charge on any atom is -0.480 e. The van der Waals surface area contributed by atoms with Crippen LogP contribution < -0.4 is 5.73 Å². The van der Waals surface area contributed by atoms with Crippen LogP contribution in [0.3, 0.4) is 0 Å². The Hall–Kier alpha value is -2.82. The summed E-state index contributed by atoms with van der Waals surface area (Å²) >= 11 is 0. The number of ether oxygens (including phenoxy) is 2. The predicted molar refractivity (Wildman–Crippen MR) is 245 cm³/mol. The van der Waals surface area contributed by atoms with E-state index in [1.54, 1.807) is 0 Å². The normalized spacial score (nSPS) is 14.2.